The number of halogens is 2. The van der Waals surface area contributed by atoms with E-state index in [0.717, 1.165) is 10.0 Å². The van der Waals surface area contributed by atoms with Gasteiger partial charge in [0, 0.05) is 28.5 Å². The highest BCUT2D eigenvalue weighted by Crippen LogP contribution is 2.18. The van der Waals surface area contributed by atoms with Gasteiger partial charge in [-0.1, -0.05) is 45.7 Å². The molecule has 9 heteroatoms. The fourth-order valence-corrected chi connectivity index (χ4v) is 3.63. The Bertz CT molecular complexity index is 1280. The molecule has 0 spiro atoms. The Morgan fingerprint density at radius 3 is 2.83 bits per heavy atom. The largest absolute Gasteiger partial charge is 0.311 e. The Kier molecular flexibility index (Phi) is 5.96. The van der Waals surface area contributed by atoms with Crippen LogP contribution in [0.1, 0.15) is 12.0 Å². The number of nitrogens with zero attached hydrogens (tertiary/aromatic N) is 4. The van der Waals surface area contributed by atoms with Crippen molar-refractivity contribution in [1.82, 2.24) is 19.3 Å². The van der Waals surface area contributed by atoms with Crippen molar-refractivity contribution in [3.8, 4) is 0 Å². The van der Waals surface area contributed by atoms with Crippen LogP contribution in [0.3, 0.4) is 0 Å². The maximum atomic E-state index is 12.6. The Balaban J connectivity index is 1.43. The van der Waals surface area contributed by atoms with Crippen molar-refractivity contribution < 1.29 is 4.79 Å². The highest BCUT2D eigenvalue weighted by Gasteiger charge is 2.11. The number of rotatable bonds is 6. The lowest BCUT2D eigenvalue weighted by atomic mass is 10.2. The predicted molar refractivity (Wildman–Crippen MR) is 120 cm³/mol. The normalized spacial score (nSPS) is 11.0. The average molecular weight is 487 g/mol. The summed E-state index contributed by atoms with van der Waals surface area (Å²) in [5, 5.41) is 8.24. The van der Waals surface area contributed by atoms with Gasteiger partial charge >= 0.3 is 0 Å². The molecule has 4 aromatic rings. The Hall–Kier alpha value is -2.97. The van der Waals surface area contributed by atoms with E-state index in [1.165, 1.54) is 10.9 Å². The third-order valence-corrected chi connectivity index (χ3v) is 5.49. The van der Waals surface area contributed by atoms with Gasteiger partial charge < -0.3 is 5.32 Å². The highest BCUT2D eigenvalue weighted by molar-refractivity contribution is 9.10. The third-order valence-electron chi connectivity index (χ3n) is 4.63. The number of carbonyl (C=O) groups is 1. The molecule has 4 rings (SSSR count). The minimum atomic E-state index is -0.225. The van der Waals surface area contributed by atoms with Gasteiger partial charge in [0.05, 0.1) is 30.0 Å². The zero-order valence-corrected chi connectivity index (χ0v) is 18.1. The molecule has 0 saturated heterocycles. The van der Waals surface area contributed by atoms with Gasteiger partial charge in [0.1, 0.15) is 5.82 Å². The molecule has 0 aliphatic rings. The molecule has 2 aromatic carbocycles. The monoisotopic (exact) mass is 485 g/mol. The first-order valence-corrected chi connectivity index (χ1v) is 10.4. The van der Waals surface area contributed by atoms with Crippen molar-refractivity contribution in [3.63, 3.8) is 0 Å². The van der Waals surface area contributed by atoms with Gasteiger partial charge in [-0.3, -0.25) is 14.2 Å². The van der Waals surface area contributed by atoms with Crippen molar-refractivity contribution in [3.05, 3.63) is 86.5 Å². The van der Waals surface area contributed by atoms with Crippen LogP contribution in [-0.4, -0.2) is 25.2 Å². The van der Waals surface area contributed by atoms with Crippen LogP contribution < -0.4 is 10.9 Å². The molecular weight excluding hydrogens is 470 g/mol. The van der Waals surface area contributed by atoms with E-state index in [-0.39, 0.29) is 24.4 Å². The fourth-order valence-electron chi connectivity index (χ4n) is 3.07. The minimum Gasteiger partial charge on any atom is -0.311 e. The smallest absolute Gasteiger partial charge is 0.261 e. The SMILES string of the molecule is O=C(CCn1cnc2ccc(Br)cc2c1=O)Nc1ccnn1Cc1ccccc1Cl. The molecule has 0 aliphatic carbocycles. The van der Waals surface area contributed by atoms with Crippen molar-refractivity contribution in [2.75, 3.05) is 5.32 Å². The molecule has 0 saturated carbocycles. The van der Waals surface area contributed by atoms with Crippen LogP contribution in [0.25, 0.3) is 10.9 Å². The number of amides is 1. The second-order valence-electron chi connectivity index (χ2n) is 6.67. The summed E-state index contributed by atoms with van der Waals surface area (Å²) in [5.41, 5.74) is 1.34. The van der Waals surface area contributed by atoms with E-state index in [2.05, 4.69) is 31.3 Å². The lowest BCUT2D eigenvalue weighted by Gasteiger charge is -2.11. The van der Waals surface area contributed by atoms with Crippen LogP contribution in [0, 0.1) is 0 Å². The average Bonchev–Trinajstić information content (AvgIpc) is 3.16. The van der Waals surface area contributed by atoms with E-state index in [1.54, 1.807) is 29.1 Å². The maximum absolute atomic E-state index is 12.6. The molecule has 0 atom stereocenters. The third kappa shape index (κ3) is 4.44. The van der Waals surface area contributed by atoms with E-state index in [4.69, 9.17) is 11.6 Å². The molecule has 7 nitrogen and oxygen atoms in total. The van der Waals surface area contributed by atoms with Gasteiger partial charge in [-0.15, -0.1) is 0 Å². The molecule has 0 aliphatic heterocycles. The fraction of sp³-hybridized carbons (Fsp3) is 0.143. The maximum Gasteiger partial charge on any atom is 0.261 e. The van der Waals surface area contributed by atoms with E-state index in [9.17, 15) is 9.59 Å². The molecule has 2 aromatic heterocycles. The quantitative estimate of drug-likeness (QED) is 0.445. The van der Waals surface area contributed by atoms with Gasteiger partial charge in [0.15, 0.2) is 0 Å². The summed E-state index contributed by atoms with van der Waals surface area (Å²) < 4.78 is 3.91. The first-order chi connectivity index (χ1) is 14.5. The number of carbonyl (C=O) groups excluding carboxylic acids is 1. The van der Waals surface area contributed by atoms with Crippen LogP contribution in [0.4, 0.5) is 5.82 Å². The summed E-state index contributed by atoms with van der Waals surface area (Å²) >= 11 is 9.58. The number of aromatic nitrogens is 4. The number of hydrogen-bond acceptors (Lipinski definition) is 4. The molecule has 0 bridgehead atoms. The second-order valence-corrected chi connectivity index (χ2v) is 7.99. The molecule has 2 heterocycles. The minimum absolute atomic E-state index is 0.123. The zero-order valence-electron chi connectivity index (χ0n) is 15.8. The van der Waals surface area contributed by atoms with Crippen LogP contribution >= 0.6 is 27.5 Å². The van der Waals surface area contributed by atoms with E-state index >= 15 is 0 Å². The summed E-state index contributed by atoms with van der Waals surface area (Å²) in [6.07, 6.45) is 3.20. The van der Waals surface area contributed by atoms with Gasteiger partial charge in [-0.05, 0) is 29.8 Å². The second kappa shape index (κ2) is 8.81. The Morgan fingerprint density at radius 1 is 1.17 bits per heavy atom. The Labute approximate surface area is 185 Å². The van der Waals surface area contributed by atoms with Gasteiger partial charge in [0.2, 0.25) is 5.91 Å². The standard InChI is InChI=1S/C21H17BrClN5O2/c22-15-5-6-18-16(11-15)21(30)27(13-24-18)10-8-20(29)26-19-7-9-25-28(19)12-14-3-1-2-4-17(14)23/h1-7,9,11,13H,8,10,12H2,(H,26,29). The molecular formula is C21H17BrClN5O2. The van der Waals surface area contributed by atoms with Crippen molar-refractivity contribution in [2.45, 2.75) is 19.5 Å². The first-order valence-electron chi connectivity index (χ1n) is 9.21. The van der Waals surface area contributed by atoms with E-state index in [1.807, 2.05) is 30.3 Å². The molecule has 1 N–H and O–H groups in total. The Morgan fingerprint density at radius 2 is 2.00 bits per heavy atom. The molecule has 0 unspecified atom stereocenters. The first kappa shape index (κ1) is 20.3. The molecule has 30 heavy (non-hydrogen) atoms. The van der Waals surface area contributed by atoms with Crippen molar-refractivity contribution in [1.29, 1.82) is 0 Å². The number of aryl methyl sites for hydroxylation is 1. The topological polar surface area (TPSA) is 81.8 Å². The molecule has 152 valence electrons. The zero-order chi connectivity index (χ0) is 21.1. The van der Waals surface area contributed by atoms with E-state index in [0.29, 0.717) is 28.3 Å². The van der Waals surface area contributed by atoms with Crippen LogP contribution in [0.15, 0.2) is 70.3 Å². The molecule has 0 fully saturated rings. The van der Waals surface area contributed by atoms with Crippen molar-refractivity contribution >= 4 is 50.2 Å². The lowest BCUT2D eigenvalue weighted by Crippen LogP contribution is -2.24. The van der Waals surface area contributed by atoms with Crippen LogP contribution in [0.5, 0.6) is 0 Å². The van der Waals surface area contributed by atoms with Gasteiger partial charge in [0.25, 0.3) is 5.56 Å². The summed E-state index contributed by atoms with van der Waals surface area (Å²) in [5.74, 6) is 0.338. The van der Waals surface area contributed by atoms with E-state index < -0.39 is 0 Å². The number of hydrogen-bond donors (Lipinski definition) is 1. The van der Waals surface area contributed by atoms with Gasteiger partial charge in [-0.2, -0.15) is 5.10 Å². The number of anilines is 1. The summed E-state index contributed by atoms with van der Waals surface area (Å²) in [7, 11) is 0. The lowest BCUT2D eigenvalue weighted by molar-refractivity contribution is -0.116. The summed E-state index contributed by atoms with van der Waals surface area (Å²) in [6, 6.07) is 14.5. The van der Waals surface area contributed by atoms with Gasteiger partial charge in [-0.25, -0.2) is 9.67 Å². The number of benzene rings is 2. The predicted octanol–water partition coefficient (Wildman–Crippen LogP) is 4.09. The van der Waals surface area contributed by atoms with Crippen LogP contribution in [0.2, 0.25) is 5.02 Å². The number of nitrogens with one attached hydrogen (secondary N) is 1. The van der Waals surface area contributed by atoms with Crippen LogP contribution in [-0.2, 0) is 17.9 Å². The summed E-state index contributed by atoms with van der Waals surface area (Å²) in [6.45, 7) is 0.657. The number of fused-ring (bicyclic) bond motifs is 1. The summed E-state index contributed by atoms with van der Waals surface area (Å²) in [4.78, 5) is 29.4. The molecule has 1 amide bonds. The van der Waals surface area contributed by atoms with Crippen molar-refractivity contribution in [2.24, 2.45) is 0 Å². The molecule has 0 radical (unpaired) electrons. The highest BCUT2D eigenvalue weighted by atomic mass is 79.9.